The summed E-state index contributed by atoms with van der Waals surface area (Å²) in [4.78, 5) is 2.56. The van der Waals surface area contributed by atoms with Crippen LogP contribution in [0.2, 0.25) is 0 Å². The Morgan fingerprint density at radius 3 is 1.69 bits per heavy atom. The molecule has 0 rings (SSSR count). The van der Waals surface area contributed by atoms with Crippen molar-refractivity contribution in [2.75, 3.05) is 13.1 Å². The molecule has 2 heteroatoms. The monoisotopic (exact) mass is 228 g/mol. The summed E-state index contributed by atoms with van der Waals surface area (Å²) in [5, 5.41) is 0. The molecule has 0 amide bonds. The Labute approximate surface area is 103 Å². The first-order valence-electron chi connectivity index (χ1n) is 7.04. The second kappa shape index (κ2) is 7.29. The van der Waals surface area contributed by atoms with Gasteiger partial charge >= 0.3 is 0 Å². The molecule has 2 unspecified atom stereocenters. The van der Waals surface area contributed by atoms with Gasteiger partial charge in [-0.05, 0) is 31.8 Å². The smallest absolute Gasteiger partial charge is 0.0357 e. The highest BCUT2D eigenvalue weighted by Crippen LogP contribution is 2.31. The van der Waals surface area contributed by atoms with Crippen LogP contribution in [0.25, 0.3) is 0 Å². The quantitative estimate of drug-likeness (QED) is 0.691. The summed E-state index contributed by atoms with van der Waals surface area (Å²) in [6, 6.07) is 0.285. The van der Waals surface area contributed by atoms with Gasteiger partial charge in [0, 0.05) is 11.6 Å². The van der Waals surface area contributed by atoms with E-state index >= 15 is 0 Å². The Balaban J connectivity index is 5.05. The van der Waals surface area contributed by atoms with E-state index in [2.05, 4.69) is 46.4 Å². The molecule has 0 aromatic carbocycles. The lowest BCUT2D eigenvalue weighted by Crippen LogP contribution is -2.61. The summed E-state index contributed by atoms with van der Waals surface area (Å²) in [6.07, 6.45) is 3.47. The molecule has 0 aliphatic heterocycles. The molecule has 16 heavy (non-hydrogen) atoms. The van der Waals surface area contributed by atoms with E-state index in [4.69, 9.17) is 5.73 Å². The van der Waals surface area contributed by atoms with Gasteiger partial charge in [-0.15, -0.1) is 0 Å². The molecular weight excluding hydrogens is 196 g/mol. The van der Waals surface area contributed by atoms with Crippen molar-refractivity contribution in [2.45, 2.75) is 72.4 Å². The Morgan fingerprint density at radius 2 is 1.44 bits per heavy atom. The van der Waals surface area contributed by atoms with Gasteiger partial charge in [0.05, 0.1) is 0 Å². The van der Waals surface area contributed by atoms with Crippen molar-refractivity contribution in [3.63, 3.8) is 0 Å². The molecule has 0 aromatic heterocycles. The molecule has 2 atom stereocenters. The number of nitrogens with zero attached hydrogens (tertiary/aromatic N) is 1. The van der Waals surface area contributed by atoms with Crippen molar-refractivity contribution in [2.24, 2.45) is 11.7 Å². The topological polar surface area (TPSA) is 29.3 Å². The second-order valence-corrected chi connectivity index (χ2v) is 4.89. The highest BCUT2D eigenvalue weighted by Gasteiger charge is 2.39. The maximum Gasteiger partial charge on any atom is 0.0357 e. The number of nitrogens with two attached hydrogens (primary N) is 1. The van der Waals surface area contributed by atoms with Gasteiger partial charge in [0.15, 0.2) is 0 Å². The summed E-state index contributed by atoms with van der Waals surface area (Å²) >= 11 is 0. The van der Waals surface area contributed by atoms with Crippen LogP contribution in [0.3, 0.4) is 0 Å². The third-order valence-corrected chi connectivity index (χ3v) is 4.50. The van der Waals surface area contributed by atoms with Gasteiger partial charge in [0.25, 0.3) is 0 Å². The number of likely N-dealkylation sites (N-methyl/N-ethyl adjacent to an activating group) is 1. The lowest BCUT2D eigenvalue weighted by atomic mass is 9.76. The zero-order valence-corrected chi connectivity index (χ0v) is 12.2. The Bertz CT molecular complexity index is 172. The largest absolute Gasteiger partial charge is 0.326 e. The molecule has 0 heterocycles. The van der Waals surface area contributed by atoms with Crippen LogP contribution in [-0.2, 0) is 0 Å². The number of hydrogen-bond donors (Lipinski definition) is 1. The molecule has 0 aliphatic carbocycles. The number of hydrogen-bond acceptors (Lipinski definition) is 2. The third kappa shape index (κ3) is 2.98. The highest BCUT2D eigenvalue weighted by atomic mass is 15.2. The zero-order chi connectivity index (χ0) is 12.8. The molecule has 2 nitrogen and oxygen atoms in total. The number of rotatable bonds is 8. The second-order valence-electron chi connectivity index (χ2n) is 4.89. The van der Waals surface area contributed by atoms with Crippen LogP contribution in [0, 0.1) is 5.92 Å². The average Bonchev–Trinajstić information content (AvgIpc) is 2.34. The molecule has 0 aromatic rings. The van der Waals surface area contributed by atoms with Gasteiger partial charge in [-0.2, -0.15) is 0 Å². The van der Waals surface area contributed by atoms with E-state index < -0.39 is 0 Å². The van der Waals surface area contributed by atoms with Gasteiger partial charge in [-0.3, -0.25) is 4.90 Å². The van der Waals surface area contributed by atoms with Gasteiger partial charge in [-0.25, -0.2) is 0 Å². The molecule has 98 valence electrons. The first-order valence-corrected chi connectivity index (χ1v) is 7.04. The minimum Gasteiger partial charge on any atom is -0.326 e. The minimum atomic E-state index is 0.193. The summed E-state index contributed by atoms with van der Waals surface area (Å²) in [6.45, 7) is 15.8. The normalized spacial score (nSPS) is 16.5. The van der Waals surface area contributed by atoms with E-state index in [0.717, 1.165) is 25.9 Å². The van der Waals surface area contributed by atoms with Gasteiger partial charge in [0.1, 0.15) is 0 Å². The van der Waals surface area contributed by atoms with Crippen LogP contribution >= 0.6 is 0 Å². The zero-order valence-electron chi connectivity index (χ0n) is 12.2. The molecule has 0 radical (unpaired) electrons. The van der Waals surface area contributed by atoms with Crippen LogP contribution in [0.1, 0.15) is 60.8 Å². The van der Waals surface area contributed by atoms with E-state index in [9.17, 15) is 0 Å². The minimum absolute atomic E-state index is 0.193. The summed E-state index contributed by atoms with van der Waals surface area (Å²) in [5.74, 6) is 0.598. The van der Waals surface area contributed by atoms with Crippen LogP contribution in [0.15, 0.2) is 0 Å². The van der Waals surface area contributed by atoms with Crippen molar-refractivity contribution in [3.8, 4) is 0 Å². The van der Waals surface area contributed by atoms with Crippen molar-refractivity contribution in [1.29, 1.82) is 0 Å². The summed E-state index contributed by atoms with van der Waals surface area (Å²) < 4.78 is 0. The van der Waals surface area contributed by atoms with Gasteiger partial charge in [-0.1, -0.05) is 48.0 Å². The molecule has 2 N–H and O–H groups in total. The third-order valence-electron chi connectivity index (χ3n) is 4.50. The lowest BCUT2D eigenvalue weighted by molar-refractivity contribution is 0.0441. The van der Waals surface area contributed by atoms with E-state index in [0.29, 0.717) is 5.92 Å². The molecular formula is C14H32N2. The molecule has 0 saturated heterocycles. The van der Waals surface area contributed by atoms with Crippen LogP contribution in [-0.4, -0.2) is 29.6 Å². The maximum atomic E-state index is 6.54. The van der Waals surface area contributed by atoms with Crippen molar-refractivity contribution in [1.82, 2.24) is 4.90 Å². The van der Waals surface area contributed by atoms with E-state index in [1.807, 2.05) is 0 Å². The molecule has 0 saturated carbocycles. The van der Waals surface area contributed by atoms with Crippen molar-refractivity contribution < 1.29 is 0 Å². The first kappa shape index (κ1) is 15.9. The molecule has 0 aliphatic rings. The van der Waals surface area contributed by atoms with Crippen molar-refractivity contribution >= 4 is 0 Å². The van der Waals surface area contributed by atoms with E-state index in [-0.39, 0.29) is 11.6 Å². The van der Waals surface area contributed by atoms with Gasteiger partial charge < -0.3 is 5.73 Å². The fourth-order valence-electron chi connectivity index (χ4n) is 3.02. The highest BCUT2D eigenvalue weighted by molar-refractivity contribution is 4.98. The summed E-state index contributed by atoms with van der Waals surface area (Å²) in [5.41, 5.74) is 6.73. The molecule has 0 bridgehead atoms. The van der Waals surface area contributed by atoms with Crippen LogP contribution in [0.4, 0.5) is 0 Å². The average molecular weight is 228 g/mol. The van der Waals surface area contributed by atoms with Crippen molar-refractivity contribution in [3.05, 3.63) is 0 Å². The SMILES string of the molecule is CCC(C)C(N)C(CC)(CC)N(CC)CC. The first-order chi connectivity index (χ1) is 7.53. The van der Waals surface area contributed by atoms with Crippen LogP contribution < -0.4 is 5.73 Å². The predicted octanol–water partition coefficient (Wildman–Crippen LogP) is 3.26. The fraction of sp³-hybridized carbons (Fsp3) is 1.00. The Hall–Kier alpha value is -0.0800. The predicted molar refractivity (Wildman–Crippen MR) is 73.7 cm³/mol. The maximum absolute atomic E-state index is 6.54. The standard InChI is InChI=1S/C14H32N2/c1-7-12(6)13(15)14(8-2,9-3)16(10-4)11-5/h12-13H,7-11,15H2,1-6H3. The molecule has 0 spiro atoms. The fourth-order valence-corrected chi connectivity index (χ4v) is 3.02. The van der Waals surface area contributed by atoms with Gasteiger partial charge in [0.2, 0.25) is 0 Å². The van der Waals surface area contributed by atoms with E-state index in [1.54, 1.807) is 0 Å². The summed E-state index contributed by atoms with van der Waals surface area (Å²) in [7, 11) is 0. The van der Waals surface area contributed by atoms with E-state index in [1.165, 1.54) is 6.42 Å². The Morgan fingerprint density at radius 1 is 1.00 bits per heavy atom. The lowest BCUT2D eigenvalue weighted by Gasteiger charge is -2.48. The Kier molecular flexibility index (Phi) is 7.25. The molecule has 0 fully saturated rings. The van der Waals surface area contributed by atoms with Crippen LogP contribution in [0.5, 0.6) is 0 Å².